The number of anilines is 2. The van der Waals surface area contributed by atoms with Crippen molar-refractivity contribution in [3.8, 4) is 11.1 Å². The molecule has 4 heteroatoms. The molecule has 4 nitrogen and oxygen atoms in total. The lowest BCUT2D eigenvalue weighted by Crippen LogP contribution is -2.23. The van der Waals surface area contributed by atoms with Crippen LogP contribution in [-0.2, 0) is 11.2 Å². The molecule has 1 aromatic carbocycles. The van der Waals surface area contributed by atoms with Crippen molar-refractivity contribution in [3.63, 3.8) is 0 Å². The van der Waals surface area contributed by atoms with Gasteiger partial charge in [-0.05, 0) is 49.2 Å². The van der Waals surface area contributed by atoms with Crippen LogP contribution in [0.1, 0.15) is 19.4 Å². The molecule has 1 aliphatic heterocycles. The monoisotopic (exact) mass is 295 g/mol. The topological polar surface area (TPSA) is 36.4 Å². The number of likely N-dealkylation sites (N-methyl/N-ethyl adjacent to an activating group) is 1. The SMILES string of the molecule is CCN(CC)c1ncccc1-c1ccc2c(c1)CC(=O)N2C. The number of carbonyl (C=O) groups excluding carboxylic acids is 1. The van der Waals surface area contributed by atoms with Crippen molar-refractivity contribution in [2.45, 2.75) is 20.3 Å². The first-order chi connectivity index (χ1) is 10.7. The minimum atomic E-state index is 0.155. The van der Waals surface area contributed by atoms with Crippen LogP contribution < -0.4 is 9.80 Å². The molecule has 2 aromatic rings. The number of hydrogen-bond donors (Lipinski definition) is 0. The molecule has 22 heavy (non-hydrogen) atoms. The second-order valence-corrected chi connectivity index (χ2v) is 5.52. The van der Waals surface area contributed by atoms with Crippen molar-refractivity contribution in [2.75, 3.05) is 29.9 Å². The summed E-state index contributed by atoms with van der Waals surface area (Å²) in [5.41, 5.74) is 4.36. The Morgan fingerprint density at radius 1 is 1.23 bits per heavy atom. The fraction of sp³-hybridized carbons (Fsp3) is 0.333. The standard InChI is InChI=1S/C18H21N3O/c1-4-21(5-2)18-15(7-6-10-19-18)13-8-9-16-14(11-13)12-17(22)20(16)3/h6-11H,4-5,12H2,1-3H3. The van der Waals surface area contributed by atoms with Gasteiger partial charge in [-0.25, -0.2) is 4.98 Å². The van der Waals surface area contributed by atoms with Crippen molar-refractivity contribution in [3.05, 3.63) is 42.1 Å². The van der Waals surface area contributed by atoms with Crippen LogP contribution in [0.25, 0.3) is 11.1 Å². The lowest BCUT2D eigenvalue weighted by Gasteiger charge is -2.23. The lowest BCUT2D eigenvalue weighted by atomic mass is 10.0. The zero-order valence-corrected chi connectivity index (χ0v) is 13.3. The van der Waals surface area contributed by atoms with Gasteiger partial charge in [0.15, 0.2) is 0 Å². The van der Waals surface area contributed by atoms with Crippen molar-refractivity contribution in [1.29, 1.82) is 0 Å². The molecule has 0 saturated carbocycles. The molecule has 0 fully saturated rings. The van der Waals surface area contributed by atoms with Crippen LogP contribution in [-0.4, -0.2) is 31.0 Å². The molecule has 0 atom stereocenters. The maximum atomic E-state index is 11.9. The van der Waals surface area contributed by atoms with Gasteiger partial charge in [-0.1, -0.05) is 6.07 Å². The molecule has 0 saturated heterocycles. The molecule has 0 N–H and O–H groups in total. The maximum absolute atomic E-state index is 11.9. The minimum absolute atomic E-state index is 0.155. The van der Waals surface area contributed by atoms with Crippen LogP contribution in [0.2, 0.25) is 0 Å². The highest BCUT2D eigenvalue weighted by Gasteiger charge is 2.24. The summed E-state index contributed by atoms with van der Waals surface area (Å²) in [4.78, 5) is 20.4. The number of amides is 1. The van der Waals surface area contributed by atoms with E-state index in [2.05, 4.69) is 41.9 Å². The van der Waals surface area contributed by atoms with Gasteiger partial charge in [0.05, 0.1) is 6.42 Å². The fourth-order valence-electron chi connectivity index (χ4n) is 3.04. The third kappa shape index (κ3) is 2.34. The number of aromatic nitrogens is 1. The van der Waals surface area contributed by atoms with E-state index in [1.807, 2.05) is 25.4 Å². The molecule has 0 bridgehead atoms. The molecule has 0 aliphatic carbocycles. The normalized spacial score (nSPS) is 13.4. The second kappa shape index (κ2) is 5.79. The fourth-order valence-corrected chi connectivity index (χ4v) is 3.04. The van der Waals surface area contributed by atoms with Gasteiger partial charge in [-0.2, -0.15) is 0 Å². The molecule has 114 valence electrons. The summed E-state index contributed by atoms with van der Waals surface area (Å²) in [6, 6.07) is 10.3. The number of benzene rings is 1. The Hall–Kier alpha value is -2.36. The highest BCUT2D eigenvalue weighted by Crippen LogP contribution is 2.35. The summed E-state index contributed by atoms with van der Waals surface area (Å²) in [6.45, 7) is 6.12. The van der Waals surface area contributed by atoms with E-state index in [1.165, 1.54) is 0 Å². The molecular weight excluding hydrogens is 274 g/mol. The van der Waals surface area contributed by atoms with Gasteiger partial charge in [0.25, 0.3) is 0 Å². The number of rotatable bonds is 4. The predicted octanol–water partition coefficient (Wildman–Crippen LogP) is 3.11. The number of hydrogen-bond acceptors (Lipinski definition) is 3. The van der Waals surface area contributed by atoms with Gasteiger partial charge >= 0.3 is 0 Å². The summed E-state index contributed by atoms with van der Waals surface area (Å²) in [5.74, 6) is 1.16. The molecule has 1 aromatic heterocycles. The van der Waals surface area contributed by atoms with E-state index in [0.29, 0.717) is 6.42 Å². The second-order valence-electron chi connectivity index (χ2n) is 5.52. The highest BCUT2D eigenvalue weighted by atomic mass is 16.2. The van der Waals surface area contributed by atoms with E-state index in [1.54, 1.807) is 4.90 Å². The first-order valence-electron chi connectivity index (χ1n) is 7.75. The van der Waals surface area contributed by atoms with Crippen LogP contribution in [0.4, 0.5) is 11.5 Å². The Labute approximate surface area is 131 Å². The molecule has 1 amide bonds. The van der Waals surface area contributed by atoms with Gasteiger partial charge in [-0.3, -0.25) is 4.79 Å². The Morgan fingerprint density at radius 3 is 2.73 bits per heavy atom. The summed E-state index contributed by atoms with van der Waals surface area (Å²) in [5, 5.41) is 0. The van der Waals surface area contributed by atoms with Crippen molar-refractivity contribution in [1.82, 2.24) is 4.98 Å². The molecule has 0 unspecified atom stereocenters. The highest BCUT2D eigenvalue weighted by molar-refractivity contribution is 6.01. The van der Waals surface area contributed by atoms with E-state index in [0.717, 1.165) is 41.3 Å². The van der Waals surface area contributed by atoms with Crippen LogP contribution in [0, 0.1) is 0 Å². The number of carbonyl (C=O) groups is 1. The number of nitrogens with zero attached hydrogens (tertiary/aromatic N) is 3. The van der Waals surface area contributed by atoms with Crippen LogP contribution in [0.5, 0.6) is 0 Å². The largest absolute Gasteiger partial charge is 0.357 e. The Morgan fingerprint density at radius 2 is 2.00 bits per heavy atom. The van der Waals surface area contributed by atoms with E-state index in [4.69, 9.17) is 0 Å². The average molecular weight is 295 g/mol. The first-order valence-corrected chi connectivity index (χ1v) is 7.75. The predicted molar refractivity (Wildman–Crippen MR) is 90.3 cm³/mol. The van der Waals surface area contributed by atoms with Crippen LogP contribution >= 0.6 is 0 Å². The van der Waals surface area contributed by atoms with Gasteiger partial charge < -0.3 is 9.80 Å². The average Bonchev–Trinajstić information content (AvgIpc) is 2.83. The number of pyridine rings is 1. The van der Waals surface area contributed by atoms with Crippen LogP contribution in [0.3, 0.4) is 0 Å². The van der Waals surface area contributed by atoms with E-state index < -0.39 is 0 Å². The zero-order valence-electron chi connectivity index (χ0n) is 13.3. The number of fused-ring (bicyclic) bond motifs is 1. The van der Waals surface area contributed by atoms with Gasteiger partial charge in [0.1, 0.15) is 5.82 Å². The van der Waals surface area contributed by atoms with Crippen molar-refractivity contribution in [2.24, 2.45) is 0 Å². The summed E-state index contributed by atoms with van der Waals surface area (Å²) < 4.78 is 0. The van der Waals surface area contributed by atoms with Crippen LogP contribution in [0.15, 0.2) is 36.5 Å². The molecule has 2 heterocycles. The quantitative estimate of drug-likeness (QED) is 0.869. The third-order valence-corrected chi connectivity index (χ3v) is 4.32. The molecule has 0 radical (unpaired) electrons. The summed E-state index contributed by atoms with van der Waals surface area (Å²) in [7, 11) is 1.83. The Bertz CT molecular complexity index is 707. The third-order valence-electron chi connectivity index (χ3n) is 4.32. The zero-order chi connectivity index (χ0) is 15.7. The smallest absolute Gasteiger partial charge is 0.231 e. The Kier molecular flexibility index (Phi) is 3.84. The van der Waals surface area contributed by atoms with Gasteiger partial charge in [0.2, 0.25) is 5.91 Å². The van der Waals surface area contributed by atoms with Gasteiger partial charge in [-0.15, -0.1) is 0 Å². The molecule has 0 spiro atoms. The minimum Gasteiger partial charge on any atom is -0.357 e. The van der Waals surface area contributed by atoms with E-state index in [9.17, 15) is 4.79 Å². The summed E-state index contributed by atoms with van der Waals surface area (Å²) in [6.07, 6.45) is 2.32. The van der Waals surface area contributed by atoms with Crippen molar-refractivity contribution < 1.29 is 4.79 Å². The van der Waals surface area contributed by atoms with Crippen molar-refractivity contribution >= 4 is 17.4 Å². The van der Waals surface area contributed by atoms with Gasteiger partial charge in [0, 0.05) is 37.6 Å². The molecule has 3 rings (SSSR count). The van der Waals surface area contributed by atoms with E-state index in [-0.39, 0.29) is 5.91 Å². The first kappa shape index (κ1) is 14.6. The van der Waals surface area contributed by atoms with E-state index >= 15 is 0 Å². The maximum Gasteiger partial charge on any atom is 0.231 e. The molecule has 1 aliphatic rings. The lowest BCUT2D eigenvalue weighted by molar-refractivity contribution is -0.117. The molecular formula is C18H21N3O. The summed E-state index contributed by atoms with van der Waals surface area (Å²) >= 11 is 0. The Balaban J connectivity index is 2.06.